The summed E-state index contributed by atoms with van der Waals surface area (Å²) in [5.74, 6) is -0.507. The lowest BCUT2D eigenvalue weighted by Crippen LogP contribution is -2.48. The number of likely N-dealkylation sites (tertiary alicyclic amines) is 1. The van der Waals surface area contributed by atoms with Crippen LogP contribution in [0.2, 0.25) is 0 Å². The number of nitrogens with zero attached hydrogens (tertiary/aromatic N) is 1. The van der Waals surface area contributed by atoms with Crippen LogP contribution in [0, 0.1) is 17.2 Å². The highest BCUT2D eigenvalue weighted by atomic mass is 32.2. The maximum atomic E-state index is 12.9. The first-order valence-corrected chi connectivity index (χ1v) is 9.65. The van der Waals surface area contributed by atoms with Gasteiger partial charge in [-0.15, -0.1) is 0 Å². The van der Waals surface area contributed by atoms with E-state index in [4.69, 9.17) is 0 Å². The van der Waals surface area contributed by atoms with Gasteiger partial charge in [-0.1, -0.05) is 0 Å². The average Bonchev–Trinajstić information content (AvgIpc) is 3.04. The Morgan fingerprint density at radius 1 is 1.42 bits per heavy atom. The molecule has 2 saturated heterocycles. The van der Waals surface area contributed by atoms with Gasteiger partial charge in [-0.05, 0) is 31.3 Å². The number of sulfone groups is 1. The van der Waals surface area contributed by atoms with Gasteiger partial charge >= 0.3 is 0 Å². The molecular formula is C16H22FN3O3S. The van der Waals surface area contributed by atoms with Crippen molar-refractivity contribution in [3.8, 4) is 0 Å². The minimum Gasteiger partial charge on any atom is -0.354 e. The summed E-state index contributed by atoms with van der Waals surface area (Å²) in [6.45, 7) is 3.04. The zero-order valence-corrected chi connectivity index (χ0v) is 14.4. The lowest BCUT2D eigenvalue weighted by molar-refractivity contribution is -0.130. The Hall–Kier alpha value is -1.51. The van der Waals surface area contributed by atoms with Crippen LogP contribution in [-0.2, 0) is 14.6 Å². The van der Waals surface area contributed by atoms with Crippen molar-refractivity contribution in [2.75, 3.05) is 45.5 Å². The Labute approximate surface area is 141 Å². The molecule has 2 fully saturated rings. The van der Waals surface area contributed by atoms with Gasteiger partial charge in [0.25, 0.3) is 0 Å². The van der Waals surface area contributed by atoms with Crippen LogP contribution in [0.3, 0.4) is 0 Å². The topological polar surface area (TPSA) is 78.5 Å². The maximum Gasteiger partial charge on any atom is 0.229 e. The summed E-state index contributed by atoms with van der Waals surface area (Å²) in [7, 11) is -1.55. The summed E-state index contributed by atoms with van der Waals surface area (Å²) in [6.07, 6.45) is 0. The quantitative estimate of drug-likeness (QED) is 0.720. The van der Waals surface area contributed by atoms with E-state index in [1.807, 2.05) is 7.05 Å². The maximum absolute atomic E-state index is 12.9. The normalized spacial score (nSPS) is 27.2. The highest BCUT2D eigenvalue weighted by Gasteiger charge is 2.53. The van der Waals surface area contributed by atoms with Gasteiger partial charge in [-0.3, -0.25) is 4.79 Å². The van der Waals surface area contributed by atoms with Crippen LogP contribution in [-0.4, -0.2) is 64.7 Å². The number of rotatable bonds is 5. The van der Waals surface area contributed by atoms with E-state index < -0.39 is 21.1 Å². The molecule has 2 heterocycles. The van der Waals surface area contributed by atoms with Crippen LogP contribution in [0.15, 0.2) is 29.2 Å². The van der Waals surface area contributed by atoms with Gasteiger partial charge < -0.3 is 15.5 Å². The summed E-state index contributed by atoms with van der Waals surface area (Å²) < 4.78 is 37.4. The first-order valence-electron chi connectivity index (χ1n) is 7.99. The number of carbonyl (C=O) groups excluding carboxylic acids is 1. The van der Waals surface area contributed by atoms with Crippen LogP contribution < -0.4 is 10.6 Å². The van der Waals surface area contributed by atoms with Gasteiger partial charge in [0, 0.05) is 38.6 Å². The molecule has 0 aliphatic carbocycles. The lowest BCUT2D eigenvalue weighted by Gasteiger charge is -2.26. The van der Waals surface area contributed by atoms with Gasteiger partial charge in [0.15, 0.2) is 9.84 Å². The van der Waals surface area contributed by atoms with Crippen molar-refractivity contribution in [3.05, 3.63) is 30.1 Å². The van der Waals surface area contributed by atoms with Gasteiger partial charge in [0.2, 0.25) is 5.91 Å². The Kier molecular flexibility index (Phi) is 4.63. The van der Waals surface area contributed by atoms with Crippen molar-refractivity contribution < 1.29 is 17.6 Å². The third-order valence-electron chi connectivity index (χ3n) is 4.98. The van der Waals surface area contributed by atoms with Crippen LogP contribution in [0.4, 0.5) is 4.39 Å². The number of hydrogen-bond acceptors (Lipinski definition) is 5. The summed E-state index contributed by atoms with van der Waals surface area (Å²) in [5.41, 5.74) is -0.464. The fraction of sp³-hybridized carbons (Fsp3) is 0.562. The van der Waals surface area contributed by atoms with Crippen molar-refractivity contribution in [2.45, 2.75) is 4.90 Å². The molecule has 0 radical (unpaired) electrons. The molecule has 8 heteroatoms. The van der Waals surface area contributed by atoms with E-state index in [2.05, 4.69) is 15.5 Å². The second kappa shape index (κ2) is 6.42. The smallest absolute Gasteiger partial charge is 0.229 e. The van der Waals surface area contributed by atoms with Crippen molar-refractivity contribution in [1.29, 1.82) is 0 Å². The van der Waals surface area contributed by atoms with E-state index in [-0.39, 0.29) is 29.0 Å². The number of fused-ring (bicyclic) bond motifs is 1. The van der Waals surface area contributed by atoms with Crippen LogP contribution >= 0.6 is 0 Å². The first-order chi connectivity index (χ1) is 11.3. The number of halogens is 1. The Bertz CT molecular complexity index is 723. The standard InChI is InChI=1S/C16H22FN3O3S/c1-20-9-12-8-18-10-16(12,11-20)15(21)19-6-7-24(22,23)14-4-2-13(17)3-5-14/h2-5,12,18H,6-11H2,1H3,(H,19,21). The largest absolute Gasteiger partial charge is 0.354 e. The molecule has 132 valence electrons. The summed E-state index contributed by atoms with van der Waals surface area (Å²) in [6, 6.07) is 4.73. The number of benzene rings is 1. The minimum absolute atomic E-state index is 0.0523. The van der Waals surface area contributed by atoms with Crippen molar-refractivity contribution in [2.24, 2.45) is 11.3 Å². The number of carbonyl (C=O) groups is 1. The SMILES string of the molecule is CN1CC2CNCC2(C(=O)NCCS(=O)(=O)c2ccc(F)cc2)C1. The van der Waals surface area contributed by atoms with E-state index in [0.717, 1.165) is 25.2 Å². The molecule has 0 saturated carbocycles. The molecule has 1 aromatic rings. The van der Waals surface area contributed by atoms with E-state index in [1.54, 1.807) is 0 Å². The molecule has 2 unspecified atom stereocenters. The zero-order valence-electron chi connectivity index (χ0n) is 13.6. The average molecular weight is 355 g/mol. The fourth-order valence-electron chi connectivity index (χ4n) is 3.73. The Morgan fingerprint density at radius 2 is 2.12 bits per heavy atom. The molecular weight excluding hydrogens is 333 g/mol. The predicted octanol–water partition coefficient (Wildman–Crippen LogP) is -0.133. The number of amides is 1. The number of nitrogens with one attached hydrogen (secondary N) is 2. The lowest BCUT2D eigenvalue weighted by atomic mass is 9.80. The van der Waals surface area contributed by atoms with E-state index in [1.165, 1.54) is 12.1 Å². The molecule has 24 heavy (non-hydrogen) atoms. The van der Waals surface area contributed by atoms with Gasteiger partial charge in [-0.2, -0.15) is 0 Å². The van der Waals surface area contributed by atoms with Crippen LogP contribution in [0.25, 0.3) is 0 Å². The molecule has 6 nitrogen and oxygen atoms in total. The second-order valence-electron chi connectivity index (χ2n) is 6.71. The van der Waals surface area contributed by atoms with Gasteiger partial charge in [0.1, 0.15) is 5.82 Å². The third-order valence-corrected chi connectivity index (χ3v) is 6.71. The molecule has 2 atom stereocenters. The summed E-state index contributed by atoms with van der Waals surface area (Å²) >= 11 is 0. The monoisotopic (exact) mass is 355 g/mol. The van der Waals surface area contributed by atoms with E-state index >= 15 is 0 Å². The van der Waals surface area contributed by atoms with E-state index in [0.29, 0.717) is 13.1 Å². The van der Waals surface area contributed by atoms with Crippen LogP contribution in [0.1, 0.15) is 0 Å². The number of hydrogen-bond donors (Lipinski definition) is 2. The first kappa shape index (κ1) is 17.3. The van der Waals surface area contributed by atoms with E-state index in [9.17, 15) is 17.6 Å². The van der Waals surface area contributed by atoms with Crippen molar-refractivity contribution >= 4 is 15.7 Å². The van der Waals surface area contributed by atoms with Crippen LogP contribution in [0.5, 0.6) is 0 Å². The molecule has 2 aliphatic rings. The molecule has 1 amide bonds. The minimum atomic E-state index is -3.54. The molecule has 1 aromatic carbocycles. The third kappa shape index (κ3) is 3.18. The molecule has 2 N–H and O–H groups in total. The molecule has 2 aliphatic heterocycles. The van der Waals surface area contributed by atoms with Gasteiger partial charge in [-0.25, -0.2) is 12.8 Å². The predicted molar refractivity (Wildman–Crippen MR) is 87.8 cm³/mol. The molecule has 0 aromatic heterocycles. The zero-order chi connectivity index (χ0) is 17.4. The Balaban J connectivity index is 1.60. The summed E-state index contributed by atoms with van der Waals surface area (Å²) in [5, 5.41) is 6.05. The fourth-order valence-corrected chi connectivity index (χ4v) is 4.89. The highest BCUT2D eigenvalue weighted by Crippen LogP contribution is 2.38. The molecule has 0 bridgehead atoms. The van der Waals surface area contributed by atoms with Gasteiger partial charge in [0.05, 0.1) is 16.1 Å². The van der Waals surface area contributed by atoms with Crippen molar-refractivity contribution in [3.63, 3.8) is 0 Å². The molecule has 0 spiro atoms. The van der Waals surface area contributed by atoms with Crippen molar-refractivity contribution in [1.82, 2.24) is 15.5 Å². The second-order valence-corrected chi connectivity index (χ2v) is 8.82. The highest BCUT2D eigenvalue weighted by molar-refractivity contribution is 7.91. The Morgan fingerprint density at radius 3 is 2.83 bits per heavy atom. The summed E-state index contributed by atoms with van der Waals surface area (Å²) in [4.78, 5) is 14.8. The molecule has 3 rings (SSSR count).